The summed E-state index contributed by atoms with van der Waals surface area (Å²) in [5, 5.41) is 16.4. The van der Waals surface area contributed by atoms with E-state index < -0.39 is 49.9 Å². The second kappa shape index (κ2) is 8.19. The molecule has 3 N–H and O–H groups in total. The fraction of sp³-hybridized carbons (Fsp3) is 0.500. The highest BCUT2D eigenvalue weighted by molar-refractivity contribution is 7.89. The van der Waals surface area contributed by atoms with Crippen LogP contribution in [0, 0.1) is 12.3 Å². The Morgan fingerprint density at radius 1 is 1.17 bits per heavy atom. The van der Waals surface area contributed by atoms with Crippen molar-refractivity contribution in [3.05, 3.63) is 17.2 Å². The van der Waals surface area contributed by atoms with Crippen molar-refractivity contribution in [2.75, 3.05) is 19.4 Å². The van der Waals surface area contributed by atoms with Gasteiger partial charge in [0.05, 0.1) is 16.2 Å². The molecule has 30 heavy (non-hydrogen) atoms. The second-order valence-electron chi connectivity index (χ2n) is 7.82. The Balaban J connectivity index is 1.89. The minimum absolute atomic E-state index is 0.0177. The van der Waals surface area contributed by atoms with Gasteiger partial charge in [-0.25, -0.2) is 12.7 Å². The summed E-state index contributed by atoms with van der Waals surface area (Å²) in [5.74, 6) is 0.863. The zero-order valence-corrected chi connectivity index (χ0v) is 18.3. The number of rotatable bonds is 6. The van der Waals surface area contributed by atoms with Gasteiger partial charge in [0.2, 0.25) is 21.6 Å². The van der Waals surface area contributed by atoms with Crippen LogP contribution in [-0.4, -0.2) is 61.1 Å². The number of hydrogen-bond acceptors (Lipinski definition) is 7. The summed E-state index contributed by atoms with van der Waals surface area (Å²) in [6.07, 6.45) is 10.0. The lowest BCUT2D eigenvalue weighted by atomic mass is 9.76. The summed E-state index contributed by atoms with van der Waals surface area (Å²) in [4.78, 5) is 24.0. The van der Waals surface area contributed by atoms with Gasteiger partial charge in [-0.05, 0) is 25.0 Å². The Bertz CT molecular complexity index is 1030. The number of terminal acetylenes is 1. The molecule has 2 fully saturated rings. The lowest BCUT2D eigenvalue weighted by Crippen LogP contribution is -2.71. The van der Waals surface area contributed by atoms with E-state index in [1.807, 2.05) is 0 Å². The number of sulfonamides is 1. The topological polar surface area (TPSA) is 116 Å². The number of halogens is 1. The highest BCUT2D eigenvalue weighted by Gasteiger charge is 2.52. The maximum absolute atomic E-state index is 12.5. The van der Waals surface area contributed by atoms with Crippen LogP contribution in [0.15, 0.2) is 17.0 Å². The first-order valence-corrected chi connectivity index (χ1v) is 11.4. The third-order valence-corrected chi connectivity index (χ3v) is 8.01. The Kier molecular flexibility index (Phi) is 6.16. The fourth-order valence-corrected chi connectivity index (χ4v) is 5.33. The average molecular weight is 454 g/mol. The van der Waals surface area contributed by atoms with E-state index in [0.717, 1.165) is 23.6 Å². The molecule has 2 aliphatic rings. The van der Waals surface area contributed by atoms with Crippen molar-refractivity contribution >= 4 is 38.9 Å². The predicted molar refractivity (Wildman–Crippen MR) is 113 cm³/mol. The highest BCUT2D eigenvalue weighted by Crippen LogP contribution is 2.39. The van der Waals surface area contributed by atoms with Gasteiger partial charge in [0, 0.05) is 14.1 Å². The molecule has 0 aliphatic heterocycles. The van der Waals surface area contributed by atoms with Crippen LogP contribution in [0.3, 0.4) is 0 Å². The zero-order chi connectivity index (χ0) is 22.3. The molecular formula is C20H24ClN3O5S. The predicted octanol–water partition coefficient (Wildman–Crippen LogP) is 1.52. The van der Waals surface area contributed by atoms with E-state index in [-0.39, 0.29) is 10.7 Å². The molecule has 2 atom stereocenters. The minimum Gasteiger partial charge on any atom is -0.504 e. The van der Waals surface area contributed by atoms with Gasteiger partial charge in [-0.15, -0.1) is 6.42 Å². The van der Waals surface area contributed by atoms with E-state index in [1.165, 1.54) is 26.2 Å². The molecule has 2 unspecified atom stereocenters. The lowest BCUT2D eigenvalue weighted by Gasteiger charge is -2.42. The summed E-state index contributed by atoms with van der Waals surface area (Å²) in [5.41, 5.74) is -0.684. The largest absolute Gasteiger partial charge is 0.504 e. The molecule has 2 aliphatic carbocycles. The SMILES string of the molecule is C#CC1(NC2C(=O)C(=O)C2Nc2ccc(Cl)c(S(=O)(=O)N(C)C)c2O)CCCCC1. The Hall–Kier alpha value is -2.12. The smallest absolute Gasteiger partial charge is 0.247 e. The van der Waals surface area contributed by atoms with Gasteiger partial charge in [0.15, 0.2) is 5.75 Å². The van der Waals surface area contributed by atoms with E-state index in [0.29, 0.717) is 12.8 Å². The van der Waals surface area contributed by atoms with Crippen LogP contribution in [0.5, 0.6) is 5.75 Å². The summed E-state index contributed by atoms with van der Waals surface area (Å²) < 4.78 is 26.0. The van der Waals surface area contributed by atoms with E-state index in [2.05, 4.69) is 16.6 Å². The molecule has 0 bridgehead atoms. The number of ketones is 2. The number of phenols is 1. The van der Waals surface area contributed by atoms with Crippen LogP contribution >= 0.6 is 11.6 Å². The molecule has 0 heterocycles. The van der Waals surface area contributed by atoms with Gasteiger partial charge < -0.3 is 10.4 Å². The number of anilines is 1. The molecule has 0 aromatic heterocycles. The molecule has 0 radical (unpaired) electrons. The Labute approximate surface area is 181 Å². The summed E-state index contributed by atoms with van der Waals surface area (Å²) in [7, 11) is -1.43. The van der Waals surface area contributed by atoms with Crippen LogP contribution in [0.2, 0.25) is 5.02 Å². The number of Topliss-reactive ketones (excluding diaryl/α,β-unsaturated/α-hetero) is 2. The van der Waals surface area contributed by atoms with Crippen molar-refractivity contribution in [1.29, 1.82) is 0 Å². The number of hydrogen-bond donors (Lipinski definition) is 3. The van der Waals surface area contributed by atoms with Gasteiger partial charge in [-0.1, -0.05) is 36.8 Å². The molecule has 3 rings (SSSR count). The molecule has 2 saturated carbocycles. The van der Waals surface area contributed by atoms with Crippen LogP contribution in [0.25, 0.3) is 0 Å². The van der Waals surface area contributed by atoms with Crippen LogP contribution in [0.1, 0.15) is 32.1 Å². The monoisotopic (exact) mass is 453 g/mol. The molecule has 0 saturated heterocycles. The molecule has 8 nitrogen and oxygen atoms in total. The Morgan fingerprint density at radius 3 is 2.33 bits per heavy atom. The number of carbonyl (C=O) groups is 2. The molecule has 0 amide bonds. The minimum atomic E-state index is -4.04. The van der Waals surface area contributed by atoms with Crippen molar-refractivity contribution in [2.45, 2.75) is 54.6 Å². The molecule has 1 aromatic carbocycles. The van der Waals surface area contributed by atoms with Crippen molar-refractivity contribution in [2.24, 2.45) is 0 Å². The van der Waals surface area contributed by atoms with E-state index in [9.17, 15) is 23.1 Å². The molecule has 1 aromatic rings. The number of phenolic OH excluding ortho intramolecular Hbond substituents is 1. The number of carbonyl (C=O) groups excluding carboxylic acids is 2. The van der Waals surface area contributed by atoms with Crippen molar-refractivity contribution in [1.82, 2.24) is 9.62 Å². The zero-order valence-electron chi connectivity index (χ0n) is 16.7. The van der Waals surface area contributed by atoms with Crippen molar-refractivity contribution < 1.29 is 23.1 Å². The normalized spacial score (nSPS) is 23.7. The number of nitrogens with one attached hydrogen (secondary N) is 2. The van der Waals surface area contributed by atoms with Crippen LogP contribution in [0.4, 0.5) is 5.69 Å². The van der Waals surface area contributed by atoms with Crippen LogP contribution in [-0.2, 0) is 19.6 Å². The number of nitrogens with zero attached hydrogens (tertiary/aromatic N) is 1. The first kappa shape index (κ1) is 22.6. The first-order chi connectivity index (χ1) is 14.0. The maximum Gasteiger partial charge on any atom is 0.247 e. The third kappa shape index (κ3) is 3.81. The average Bonchev–Trinajstić information content (AvgIpc) is 2.72. The molecular weight excluding hydrogens is 430 g/mol. The lowest BCUT2D eigenvalue weighted by molar-refractivity contribution is -0.146. The summed E-state index contributed by atoms with van der Waals surface area (Å²) in [6.45, 7) is 0. The fourth-order valence-electron chi connectivity index (χ4n) is 3.85. The number of aromatic hydroxyl groups is 1. The van der Waals surface area contributed by atoms with E-state index >= 15 is 0 Å². The van der Waals surface area contributed by atoms with Crippen molar-refractivity contribution in [3.63, 3.8) is 0 Å². The number of benzene rings is 1. The van der Waals surface area contributed by atoms with Crippen LogP contribution < -0.4 is 10.6 Å². The van der Waals surface area contributed by atoms with E-state index in [4.69, 9.17) is 18.0 Å². The molecule has 162 valence electrons. The van der Waals surface area contributed by atoms with E-state index in [1.54, 1.807) is 0 Å². The van der Waals surface area contributed by atoms with Gasteiger partial charge in [-0.2, -0.15) is 0 Å². The maximum atomic E-state index is 12.5. The molecule has 10 heteroatoms. The van der Waals surface area contributed by atoms with Gasteiger partial charge in [0.25, 0.3) is 0 Å². The third-order valence-electron chi connectivity index (χ3n) is 5.69. The first-order valence-electron chi connectivity index (χ1n) is 9.58. The second-order valence-corrected chi connectivity index (χ2v) is 10.3. The summed E-state index contributed by atoms with van der Waals surface area (Å²) >= 11 is 6.01. The van der Waals surface area contributed by atoms with Crippen molar-refractivity contribution in [3.8, 4) is 18.1 Å². The standard InChI is InChI=1S/C20H24ClN3O5S/c1-4-20(10-6-5-7-11-20)23-15-14(17(26)18(15)27)22-13-9-8-12(21)19(16(13)25)30(28,29)24(2)3/h1,8-9,14-15,22-23,25H,5-7,10-11H2,2-3H3. The summed E-state index contributed by atoms with van der Waals surface area (Å²) in [6, 6.07) is 0.816. The van der Waals surface area contributed by atoms with Gasteiger partial charge in [0.1, 0.15) is 17.0 Å². The quantitative estimate of drug-likeness (QED) is 0.339. The molecule has 0 spiro atoms. The Morgan fingerprint density at radius 2 is 1.77 bits per heavy atom. The van der Waals surface area contributed by atoms with Gasteiger partial charge in [-0.3, -0.25) is 14.9 Å². The highest BCUT2D eigenvalue weighted by atomic mass is 35.5. The van der Waals surface area contributed by atoms with Gasteiger partial charge >= 0.3 is 0 Å².